The number of carbonyl (C=O) groups excluding carboxylic acids is 9. The molecule has 3 rings (SSSR count). The van der Waals surface area contributed by atoms with E-state index in [1.807, 2.05) is 20.8 Å². The predicted octanol–water partition coefficient (Wildman–Crippen LogP) is -2.12. The molecule has 2 fully saturated rings. The van der Waals surface area contributed by atoms with Crippen LogP contribution >= 0.6 is 11.8 Å². The van der Waals surface area contributed by atoms with Gasteiger partial charge in [-0.2, -0.15) is 11.8 Å². The van der Waals surface area contributed by atoms with Crippen LogP contribution in [-0.4, -0.2) is 191 Å². The lowest BCUT2D eigenvalue weighted by Gasteiger charge is -2.33. The Hall–Kier alpha value is -6.58. The molecule has 26 nitrogen and oxygen atoms in total. The number of likely N-dealkylation sites (tertiary alicyclic amines) is 2. The maximum atomic E-state index is 14.7. The van der Waals surface area contributed by atoms with E-state index >= 15 is 0 Å². The van der Waals surface area contributed by atoms with Crippen molar-refractivity contribution in [3.05, 3.63) is 35.9 Å². The molecule has 0 unspecified atom stereocenters. The van der Waals surface area contributed by atoms with E-state index in [1.165, 1.54) is 21.6 Å². The minimum absolute atomic E-state index is 0.0114. The number of amides is 9. The zero-order valence-electron chi connectivity index (χ0n) is 46.9. The minimum atomic E-state index is -1.43. The van der Waals surface area contributed by atoms with Gasteiger partial charge in [0, 0.05) is 26.1 Å². The van der Waals surface area contributed by atoms with Crippen LogP contribution in [0.4, 0.5) is 0 Å². The highest BCUT2D eigenvalue weighted by molar-refractivity contribution is 7.98. The largest absolute Gasteiger partial charge is 0.480 e. The third-order valence-electron chi connectivity index (χ3n) is 14.1. The first-order chi connectivity index (χ1) is 38.1. The molecular weight excluding hydrogens is 1060 g/mol. The van der Waals surface area contributed by atoms with E-state index in [-0.39, 0.29) is 95.3 Å². The van der Waals surface area contributed by atoms with Crippen molar-refractivity contribution < 1.29 is 58.2 Å². The predicted molar refractivity (Wildman–Crippen MR) is 301 cm³/mol. The average Bonchev–Trinajstić information content (AvgIpc) is 4.21. The summed E-state index contributed by atoms with van der Waals surface area (Å²) in [6.45, 7) is 6.67. The van der Waals surface area contributed by atoms with Gasteiger partial charge in [0.1, 0.15) is 48.3 Å². The van der Waals surface area contributed by atoms with Gasteiger partial charge >= 0.3 is 5.97 Å². The average molecular weight is 1150 g/mol. The first-order valence-corrected chi connectivity index (χ1v) is 29.1. The summed E-state index contributed by atoms with van der Waals surface area (Å²) in [7, 11) is 0. The highest BCUT2D eigenvalue weighted by Gasteiger charge is 2.44. The number of aliphatic carboxylic acids is 1. The number of thioether (sulfide) groups is 1. The zero-order valence-corrected chi connectivity index (χ0v) is 47.7. The Balaban J connectivity index is 1.81. The van der Waals surface area contributed by atoms with Crippen LogP contribution in [-0.2, 0) is 54.4 Å². The fourth-order valence-electron chi connectivity index (χ4n) is 9.38. The SMILES string of the molecule is CC[C@H](C)[C@H](N)C(=O)N[C@@H](CO)C(=O)N[C@@H](CC(C)C)C(=O)N[C@@H](CCSC)C(=O)N[C@@H](CCCCN)C(=O)N[C@@H](CCCNC(=N)N)C(=O)N1CCC[C@H]1C(=O)N1CCC[C@H]1C(=O)NCC(=O)N[C@@H](Cc1ccccc1)C(=O)O. The third kappa shape index (κ3) is 22.2. The lowest BCUT2D eigenvalue weighted by atomic mass is 9.99. The van der Waals surface area contributed by atoms with Crippen LogP contribution in [0.3, 0.4) is 0 Å². The van der Waals surface area contributed by atoms with Gasteiger partial charge in [0.05, 0.1) is 19.2 Å². The molecule has 1 aromatic rings. The number of carboxylic acids is 1. The van der Waals surface area contributed by atoms with E-state index in [4.69, 9.17) is 22.6 Å². The number of carbonyl (C=O) groups is 10. The second-order valence-electron chi connectivity index (χ2n) is 20.8. The summed E-state index contributed by atoms with van der Waals surface area (Å²) in [5, 5.41) is 48.5. The number of nitrogens with one attached hydrogen (secondary N) is 9. The van der Waals surface area contributed by atoms with Crippen LogP contribution in [0.2, 0.25) is 0 Å². The number of hydrogen-bond acceptors (Lipinski definition) is 15. The Morgan fingerprint density at radius 2 is 1.27 bits per heavy atom. The maximum Gasteiger partial charge on any atom is 0.326 e. The van der Waals surface area contributed by atoms with Gasteiger partial charge in [0.25, 0.3) is 0 Å². The number of hydrogen-bond donors (Lipinski definition) is 14. The van der Waals surface area contributed by atoms with E-state index in [0.29, 0.717) is 43.4 Å². The van der Waals surface area contributed by atoms with Crippen molar-refractivity contribution >= 4 is 76.9 Å². The van der Waals surface area contributed by atoms with Gasteiger partial charge in [0.15, 0.2) is 5.96 Å². The zero-order chi connectivity index (χ0) is 59.5. The summed E-state index contributed by atoms with van der Waals surface area (Å²) in [5.41, 5.74) is 18.1. The Bertz CT molecular complexity index is 2250. The fourth-order valence-corrected chi connectivity index (χ4v) is 9.85. The highest BCUT2D eigenvalue weighted by atomic mass is 32.2. The first-order valence-electron chi connectivity index (χ1n) is 27.7. The van der Waals surface area contributed by atoms with Crippen LogP contribution in [0.15, 0.2) is 30.3 Å². The molecule has 2 saturated heterocycles. The van der Waals surface area contributed by atoms with E-state index in [2.05, 4.69) is 42.5 Å². The van der Waals surface area contributed by atoms with Gasteiger partial charge in [-0.05, 0) is 107 Å². The summed E-state index contributed by atoms with van der Waals surface area (Å²) in [5.74, 6) is -7.72. The van der Waals surface area contributed by atoms with Crippen molar-refractivity contribution in [3.63, 3.8) is 0 Å². The molecule has 0 aromatic heterocycles. The van der Waals surface area contributed by atoms with Gasteiger partial charge < -0.3 is 79.7 Å². The van der Waals surface area contributed by atoms with Gasteiger partial charge in [-0.3, -0.25) is 48.6 Å². The highest BCUT2D eigenvalue weighted by Crippen LogP contribution is 2.26. The van der Waals surface area contributed by atoms with Crippen molar-refractivity contribution in [1.82, 2.24) is 52.3 Å². The number of carboxylic acid groups (broad SMARTS) is 1. The summed E-state index contributed by atoms with van der Waals surface area (Å²) in [6.07, 6.45) is 5.16. The van der Waals surface area contributed by atoms with Crippen LogP contribution < -0.4 is 59.7 Å². The molecule has 448 valence electrons. The number of nitrogens with two attached hydrogens (primary N) is 3. The molecule has 1 aromatic carbocycles. The third-order valence-corrected chi connectivity index (χ3v) is 14.8. The van der Waals surface area contributed by atoms with Crippen molar-refractivity contribution in [2.45, 2.75) is 166 Å². The lowest BCUT2D eigenvalue weighted by molar-refractivity contribution is -0.148. The second kappa shape index (κ2) is 35.2. The van der Waals surface area contributed by atoms with Crippen molar-refractivity contribution in [2.75, 3.05) is 51.3 Å². The summed E-state index contributed by atoms with van der Waals surface area (Å²) in [6, 6.07) is -1.87. The summed E-state index contributed by atoms with van der Waals surface area (Å²) >= 11 is 1.40. The number of unbranched alkanes of at least 4 members (excludes halogenated alkanes) is 1. The Kier molecular flexibility index (Phi) is 29.8. The minimum Gasteiger partial charge on any atom is -0.480 e. The molecule has 10 atom stereocenters. The van der Waals surface area contributed by atoms with E-state index in [9.17, 15) is 58.2 Å². The smallest absolute Gasteiger partial charge is 0.326 e. The Morgan fingerprint density at radius 1 is 0.713 bits per heavy atom. The first kappa shape index (κ1) is 67.7. The topological polar surface area (TPSA) is 416 Å². The Morgan fingerprint density at radius 3 is 1.86 bits per heavy atom. The quantitative estimate of drug-likeness (QED) is 0.0196. The number of aliphatic hydroxyl groups excluding tert-OH is 1. The monoisotopic (exact) mass is 1140 g/mol. The molecule has 0 spiro atoms. The number of aliphatic hydroxyl groups is 1. The number of benzene rings is 1. The van der Waals surface area contributed by atoms with Crippen molar-refractivity contribution in [3.8, 4) is 0 Å². The van der Waals surface area contributed by atoms with Gasteiger partial charge in [-0.25, -0.2) is 4.79 Å². The molecular formula is C53H88N14O12S. The number of guanidine groups is 1. The second-order valence-corrected chi connectivity index (χ2v) is 21.8. The molecule has 2 aliphatic rings. The van der Waals surface area contributed by atoms with Crippen LogP contribution in [0.25, 0.3) is 0 Å². The van der Waals surface area contributed by atoms with Gasteiger partial charge in [0.2, 0.25) is 53.2 Å². The van der Waals surface area contributed by atoms with Crippen LogP contribution in [0.5, 0.6) is 0 Å². The molecule has 0 aliphatic carbocycles. The fraction of sp³-hybridized carbons (Fsp3) is 0.679. The number of rotatable bonds is 35. The molecule has 9 amide bonds. The van der Waals surface area contributed by atoms with Crippen molar-refractivity contribution in [2.24, 2.45) is 29.0 Å². The van der Waals surface area contributed by atoms with Crippen LogP contribution in [0.1, 0.15) is 110 Å². The van der Waals surface area contributed by atoms with Gasteiger partial charge in [-0.15, -0.1) is 0 Å². The molecule has 0 radical (unpaired) electrons. The standard InChI is InChI=1S/C53H88N14O12S/c1-6-32(4)43(55)49(75)65-39(30-68)47(73)64-37(27-31(2)3)46(72)62-35(21-26-80-5)45(71)61-34(17-10-11-22-54)44(70)63-36(18-12-23-58-53(56)57)50(76)67-25-14-20-41(67)51(77)66-24-13-19-40(66)48(74)59-29-42(69)60-38(52(78)79)28-33-15-8-7-9-16-33/h7-9,15-16,31-32,34-41,43,68H,6,10-14,17-30,54-55H2,1-5H3,(H,59,74)(H,60,69)(H,61,71)(H,62,72)(H,63,70)(H,64,73)(H,65,75)(H,78,79)(H4,56,57,58)/t32-,34-,35-,36-,37-,38-,39-,40-,41-,43-/m0/s1. The van der Waals surface area contributed by atoms with E-state index in [0.717, 1.165) is 0 Å². The van der Waals surface area contributed by atoms with Crippen molar-refractivity contribution in [1.29, 1.82) is 5.41 Å². The normalized spacial score (nSPS) is 18.0. The lowest BCUT2D eigenvalue weighted by Crippen LogP contribution is -2.60. The number of nitrogens with zero attached hydrogens (tertiary/aromatic N) is 2. The molecule has 80 heavy (non-hydrogen) atoms. The molecule has 2 aliphatic heterocycles. The van der Waals surface area contributed by atoms with E-state index < -0.39 is 127 Å². The summed E-state index contributed by atoms with van der Waals surface area (Å²) in [4.78, 5) is 139. The molecule has 17 N–H and O–H groups in total. The van der Waals surface area contributed by atoms with E-state index in [1.54, 1.807) is 43.5 Å². The summed E-state index contributed by atoms with van der Waals surface area (Å²) < 4.78 is 0. The molecule has 27 heteroatoms. The molecule has 2 heterocycles. The molecule has 0 bridgehead atoms. The maximum absolute atomic E-state index is 14.7. The van der Waals surface area contributed by atoms with Gasteiger partial charge in [-0.1, -0.05) is 64.4 Å². The Labute approximate surface area is 473 Å². The van der Waals surface area contributed by atoms with Crippen LogP contribution in [0, 0.1) is 17.2 Å². The molecule has 0 saturated carbocycles.